The van der Waals surface area contributed by atoms with Crippen molar-refractivity contribution in [3.63, 3.8) is 0 Å². The lowest BCUT2D eigenvalue weighted by Crippen LogP contribution is -1.93. The van der Waals surface area contributed by atoms with E-state index in [1.165, 1.54) is 0 Å². The Bertz CT molecular complexity index is 753. The van der Waals surface area contributed by atoms with Crippen LogP contribution in [0.3, 0.4) is 0 Å². The molecule has 0 atom stereocenters. The van der Waals surface area contributed by atoms with Crippen molar-refractivity contribution in [2.75, 3.05) is 12.4 Å². The summed E-state index contributed by atoms with van der Waals surface area (Å²) in [5.41, 5.74) is 2.78. The number of pyridine rings is 1. The summed E-state index contributed by atoms with van der Waals surface area (Å²) in [6.45, 7) is 0. The molecule has 0 bridgehead atoms. The van der Waals surface area contributed by atoms with Gasteiger partial charge in [-0.05, 0) is 30.3 Å². The van der Waals surface area contributed by atoms with Gasteiger partial charge < -0.3 is 10.1 Å². The maximum atomic E-state index is 6.13. The Labute approximate surface area is 122 Å². The maximum Gasteiger partial charge on any atom is 0.137 e. The number of nitrogens with zero attached hydrogens (tertiary/aromatic N) is 1. The number of hydrogen-bond acceptors (Lipinski definition) is 3. The summed E-state index contributed by atoms with van der Waals surface area (Å²) in [6, 6.07) is 15.6. The molecular weight excluding hydrogens is 272 g/mol. The number of halogens is 1. The van der Waals surface area contributed by atoms with Gasteiger partial charge in [-0.2, -0.15) is 0 Å². The molecule has 1 heterocycles. The molecule has 0 amide bonds. The Kier molecular flexibility index (Phi) is 3.44. The van der Waals surface area contributed by atoms with Crippen LogP contribution in [0.1, 0.15) is 0 Å². The van der Waals surface area contributed by atoms with E-state index in [4.69, 9.17) is 16.3 Å². The number of benzene rings is 2. The molecule has 1 N–H and O–H groups in total. The van der Waals surface area contributed by atoms with Crippen molar-refractivity contribution in [2.45, 2.75) is 0 Å². The number of anilines is 2. The summed E-state index contributed by atoms with van der Waals surface area (Å²) in [4.78, 5) is 4.41. The van der Waals surface area contributed by atoms with Crippen molar-refractivity contribution in [3.05, 3.63) is 59.8 Å². The van der Waals surface area contributed by atoms with Crippen molar-refractivity contribution in [2.24, 2.45) is 0 Å². The van der Waals surface area contributed by atoms with Crippen LogP contribution in [0.25, 0.3) is 10.9 Å². The Morgan fingerprint density at radius 1 is 1.10 bits per heavy atom. The summed E-state index contributed by atoms with van der Waals surface area (Å²) < 4.78 is 5.15. The zero-order valence-electron chi connectivity index (χ0n) is 10.9. The van der Waals surface area contributed by atoms with Gasteiger partial charge in [0.2, 0.25) is 0 Å². The molecule has 20 heavy (non-hydrogen) atoms. The van der Waals surface area contributed by atoms with Crippen molar-refractivity contribution < 1.29 is 4.74 Å². The third-order valence-corrected chi connectivity index (χ3v) is 3.36. The van der Waals surface area contributed by atoms with Crippen LogP contribution in [0.2, 0.25) is 5.02 Å². The second-order valence-corrected chi connectivity index (χ2v) is 4.76. The fourth-order valence-corrected chi connectivity index (χ4v) is 2.36. The molecule has 3 nitrogen and oxygen atoms in total. The van der Waals surface area contributed by atoms with Gasteiger partial charge in [-0.3, -0.25) is 4.98 Å². The minimum absolute atomic E-state index is 0.575. The van der Waals surface area contributed by atoms with Crippen LogP contribution >= 0.6 is 11.6 Å². The predicted octanol–water partition coefficient (Wildman–Crippen LogP) is 4.64. The maximum absolute atomic E-state index is 6.13. The summed E-state index contributed by atoms with van der Waals surface area (Å²) in [6.07, 6.45) is 1.79. The van der Waals surface area contributed by atoms with E-state index in [1.807, 2.05) is 48.5 Å². The first-order valence-corrected chi connectivity index (χ1v) is 6.60. The minimum atomic E-state index is 0.575. The zero-order valence-corrected chi connectivity index (χ0v) is 11.7. The number of para-hydroxylation sites is 1. The van der Waals surface area contributed by atoms with E-state index in [9.17, 15) is 0 Å². The first kappa shape index (κ1) is 12.8. The number of nitrogens with one attached hydrogen (secondary N) is 1. The highest BCUT2D eigenvalue weighted by Crippen LogP contribution is 2.30. The second kappa shape index (κ2) is 5.39. The largest absolute Gasteiger partial charge is 0.495 e. The normalized spacial score (nSPS) is 10.5. The van der Waals surface area contributed by atoms with Crippen molar-refractivity contribution in [1.29, 1.82) is 0 Å². The van der Waals surface area contributed by atoms with Gasteiger partial charge in [-0.15, -0.1) is 0 Å². The van der Waals surface area contributed by atoms with Crippen LogP contribution in [0.4, 0.5) is 11.4 Å². The summed E-state index contributed by atoms with van der Waals surface area (Å²) in [5, 5.41) is 5.01. The highest BCUT2D eigenvalue weighted by atomic mass is 35.5. The third kappa shape index (κ3) is 2.40. The van der Waals surface area contributed by atoms with E-state index in [2.05, 4.69) is 10.3 Å². The van der Waals surface area contributed by atoms with Crippen LogP contribution in [-0.4, -0.2) is 12.1 Å². The van der Waals surface area contributed by atoms with E-state index >= 15 is 0 Å². The van der Waals surface area contributed by atoms with Gasteiger partial charge in [0, 0.05) is 17.3 Å². The van der Waals surface area contributed by atoms with Crippen molar-refractivity contribution in [1.82, 2.24) is 4.98 Å². The van der Waals surface area contributed by atoms with Crippen LogP contribution < -0.4 is 10.1 Å². The molecular formula is C16H13ClN2O. The van der Waals surface area contributed by atoms with Crippen LogP contribution in [-0.2, 0) is 0 Å². The topological polar surface area (TPSA) is 34.1 Å². The molecule has 1 aromatic heterocycles. The lowest BCUT2D eigenvalue weighted by molar-refractivity contribution is 0.415. The zero-order chi connectivity index (χ0) is 13.9. The van der Waals surface area contributed by atoms with Gasteiger partial charge in [-0.25, -0.2) is 0 Å². The van der Waals surface area contributed by atoms with E-state index in [1.54, 1.807) is 13.3 Å². The molecule has 0 fully saturated rings. The first-order chi connectivity index (χ1) is 9.78. The highest BCUT2D eigenvalue weighted by Gasteiger charge is 2.05. The van der Waals surface area contributed by atoms with Gasteiger partial charge >= 0.3 is 0 Å². The Hall–Kier alpha value is -2.26. The van der Waals surface area contributed by atoms with Crippen molar-refractivity contribution in [3.8, 4) is 5.75 Å². The molecule has 100 valence electrons. The molecule has 0 aliphatic heterocycles. The molecule has 0 spiro atoms. The van der Waals surface area contributed by atoms with Gasteiger partial charge in [0.15, 0.2) is 0 Å². The van der Waals surface area contributed by atoms with Crippen LogP contribution in [0.15, 0.2) is 54.7 Å². The third-order valence-electron chi connectivity index (χ3n) is 3.06. The SMILES string of the molecule is COc1ccc(Nc2cccc3cccnc23)cc1Cl. The molecule has 0 aliphatic rings. The molecule has 0 saturated carbocycles. The van der Waals surface area contributed by atoms with Gasteiger partial charge in [0.25, 0.3) is 0 Å². The molecule has 2 aromatic carbocycles. The van der Waals surface area contributed by atoms with Crippen LogP contribution in [0, 0.1) is 0 Å². The molecule has 0 saturated heterocycles. The van der Waals surface area contributed by atoms with Crippen molar-refractivity contribution >= 4 is 33.9 Å². The van der Waals surface area contributed by atoms with E-state index in [0.717, 1.165) is 22.3 Å². The number of fused-ring (bicyclic) bond motifs is 1. The second-order valence-electron chi connectivity index (χ2n) is 4.36. The molecule has 0 aliphatic carbocycles. The average molecular weight is 285 g/mol. The lowest BCUT2D eigenvalue weighted by Gasteiger charge is -2.10. The molecule has 3 rings (SSSR count). The number of rotatable bonds is 3. The Balaban J connectivity index is 1.99. The minimum Gasteiger partial charge on any atom is -0.495 e. The van der Waals surface area contributed by atoms with E-state index < -0.39 is 0 Å². The van der Waals surface area contributed by atoms with Gasteiger partial charge in [0.05, 0.1) is 23.3 Å². The van der Waals surface area contributed by atoms with E-state index in [0.29, 0.717) is 10.8 Å². The predicted molar refractivity (Wildman–Crippen MR) is 83.0 cm³/mol. The average Bonchev–Trinajstić information content (AvgIpc) is 2.48. The number of hydrogen-bond donors (Lipinski definition) is 1. The summed E-state index contributed by atoms with van der Waals surface area (Å²) >= 11 is 6.13. The summed E-state index contributed by atoms with van der Waals surface area (Å²) in [7, 11) is 1.60. The highest BCUT2D eigenvalue weighted by molar-refractivity contribution is 6.32. The van der Waals surface area contributed by atoms with Crippen LogP contribution in [0.5, 0.6) is 5.75 Å². The lowest BCUT2D eigenvalue weighted by atomic mass is 10.2. The fourth-order valence-electron chi connectivity index (χ4n) is 2.10. The molecule has 0 radical (unpaired) electrons. The fraction of sp³-hybridized carbons (Fsp3) is 0.0625. The smallest absolute Gasteiger partial charge is 0.137 e. The summed E-state index contributed by atoms with van der Waals surface area (Å²) in [5.74, 6) is 0.660. The Morgan fingerprint density at radius 2 is 1.95 bits per heavy atom. The number of aromatic nitrogens is 1. The van der Waals surface area contributed by atoms with Gasteiger partial charge in [-0.1, -0.05) is 29.8 Å². The first-order valence-electron chi connectivity index (χ1n) is 6.22. The number of ether oxygens (including phenoxy) is 1. The van der Waals surface area contributed by atoms with Gasteiger partial charge in [0.1, 0.15) is 5.75 Å². The molecule has 3 aromatic rings. The standard InChI is InChI=1S/C16H13ClN2O/c1-20-15-8-7-12(10-13(15)17)19-14-6-2-4-11-5-3-9-18-16(11)14/h2-10,19H,1H3. The molecule has 4 heteroatoms. The number of methoxy groups -OCH3 is 1. The van der Waals surface area contributed by atoms with E-state index in [-0.39, 0.29) is 0 Å². The molecule has 0 unspecified atom stereocenters. The quantitative estimate of drug-likeness (QED) is 0.761. The monoisotopic (exact) mass is 284 g/mol. The Morgan fingerprint density at radius 3 is 2.75 bits per heavy atom.